The fourth-order valence-corrected chi connectivity index (χ4v) is 13.0. The van der Waals surface area contributed by atoms with Crippen molar-refractivity contribution < 1.29 is 8.83 Å². The molecule has 0 bridgehead atoms. The van der Waals surface area contributed by atoms with Gasteiger partial charge in [0.25, 0.3) is 0 Å². The molecule has 0 aliphatic carbocycles. The predicted molar refractivity (Wildman–Crippen MR) is 346 cm³/mol. The van der Waals surface area contributed by atoms with E-state index in [9.17, 15) is 0 Å². The summed E-state index contributed by atoms with van der Waals surface area (Å²) < 4.78 is 14.0. The zero-order valence-corrected chi connectivity index (χ0v) is 45.6. The third-order valence-corrected chi connectivity index (χ3v) is 16.9. The lowest BCUT2D eigenvalue weighted by Gasteiger charge is -2.14. The van der Waals surface area contributed by atoms with Crippen molar-refractivity contribution in [1.29, 1.82) is 0 Å². The summed E-state index contributed by atoms with van der Waals surface area (Å²) >= 11 is 0. The Morgan fingerprint density at radius 1 is 0.233 bits per heavy atom. The first-order valence-electron chi connectivity index (χ1n) is 28.6. The Labute approximate surface area is 489 Å². The first kappa shape index (κ1) is 47.7. The lowest BCUT2D eigenvalue weighted by Crippen LogP contribution is -2.02. The van der Waals surface area contributed by atoms with E-state index in [1.54, 1.807) is 12.4 Å². The Kier molecular flexibility index (Phi) is 10.5. The van der Waals surface area contributed by atoms with Crippen molar-refractivity contribution >= 4 is 109 Å². The van der Waals surface area contributed by atoms with E-state index in [1.807, 2.05) is 84.9 Å². The second-order valence-corrected chi connectivity index (χ2v) is 21.7. The highest BCUT2D eigenvalue weighted by Crippen LogP contribution is 2.46. The quantitative estimate of drug-likeness (QED) is 0.142. The highest BCUT2D eigenvalue weighted by atomic mass is 16.3. The van der Waals surface area contributed by atoms with Gasteiger partial charge in [-0.3, -0.25) is 9.97 Å². The van der Waals surface area contributed by atoms with E-state index in [4.69, 9.17) is 48.7 Å². The van der Waals surface area contributed by atoms with Crippen LogP contribution >= 0.6 is 0 Å². The van der Waals surface area contributed by atoms with Gasteiger partial charge in [-0.25, -0.2) is 29.9 Å². The van der Waals surface area contributed by atoms with Gasteiger partial charge in [0, 0.05) is 56.5 Å². The van der Waals surface area contributed by atoms with Crippen LogP contribution in [0.4, 0.5) is 0 Å². The molecule has 0 N–H and O–H groups in total. The topological polar surface area (TPSA) is 129 Å². The summed E-state index contributed by atoms with van der Waals surface area (Å²) in [7, 11) is 0. The first-order valence-corrected chi connectivity index (χ1v) is 28.6. The molecule has 10 nitrogen and oxygen atoms in total. The van der Waals surface area contributed by atoms with Crippen molar-refractivity contribution in [2.75, 3.05) is 0 Å². The molecular weight excluding hydrogens is 1060 g/mol. The SMILES string of the molecule is c1ccc(-c2nc(-c3cccc4c3ccc3c5ccccc5ccc43)nc(-c3nccc4oc5c(-c6cccc7c6oc6ccnc(-c8nc(-c9ccccc9)nc(-c9cc%10ccccc%10c%10c9ccc9ccccc9%10)n8)c67)cccc5c34)n2)cc1. The van der Waals surface area contributed by atoms with Crippen molar-refractivity contribution in [3.63, 3.8) is 0 Å². The molecule has 6 aromatic heterocycles. The Balaban J connectivity index is 0.802. The second-order valence-electron chi connectivity index (χ2n) is 21.7. The van der Waals surface area contributed by atoms with Gasteiger partial charge in [-0.15, -0.1) is 0 Å². The minimum absolute atomic E-state index is 0.425. The van der Waals surface area contributed by atoms with Crippen LogP contribution in [0.1, 0.15) is 0 Å². The summed E-state index contributed by atoms with van der Waals surface area (Å²) in [6, 6.07) is 83.6. The molecule has 10 heteroatoms. The molecule has 18 rings (SSSR count). The van der Waals surface area contributed by atoms with Gasteiger partial charge < -0.3 is 8.83 Å². The van der Waals surface area contributed by atoms with E-state index in [1.165, 1.54) is 16.2 Å². The summed E-state index contributed by atoms with van der Waals surface area (Å²) in [4.78, 5) is 41.7. The van der Waals surface area contributed by atoms with Gasteiger partial charge >= 0.3 is 0 Å². The number of nitrogens with zero attached hydrogens (tertiary/aromatic N) is 8. The molecule has 0 aliphatic rings. The largest absolute Gasteiger partial charge is 0.455 e. The fraction of sp³-hybridized carbons (Fsp3) is 0. The van der Waals surface area contributed by atoms with E-state index in [0.29, 0.717) is 68.7 Å². The smallest absolute Gasteiger partial charge is 0.183 e. The molecule has 398 valence electrons. The number of fused-ring (bicyclic) bond motifs is 16. The highest BCUT2D eigenvalue weighted by molar-refractivity contribution is 6.24. The number of para-hydroxylation sites is 2. The third kappa shape index (κ3) is 7.39. The van der Waals surface area contributed by atoms with Crippen LogP contribution < -0.4 is 0 Å². The Morgan fingerprint density at radius 3 is 1.24 bits per heavy atom. The van der Waals surface area contributed by atoms with Crippen LogP contribution in [-0.4, -0.2) is 39.9 Å². The van der Waals surface area contributed by atoms with Gasteiger partial charge in [0.2, 0.25) is 0 Å². The minimum Gasteiger partial charge on any atom is -0.455 e. The van der Waals surface area contributed by atoms with Crippen LogP contribution in [0.25, 0.3) is 188 Å². The van der Waals surface area contributed by atoms with Crippen molar-refractivity contribution in [3.8, 4) is 79.7 Å². The highest BCUT2D eigenvalue weighted by Gasteiger charge is 2.26. The van der Waals surface area contributed by atoms with Crippen molar-refractivity contribution in [2.24, 2.45) is 0 Å². The van der Waals surface area contributed by atoms with Gasteiger partial charge in [-0.05, 0) is 82.8 Å². The molecule has 0 radical (unpaired) electrons. The monoisotopic (exact) mass is 1100 g/mol. The number of benzene rings is 12. The molecule has 0 amide bonds. The van der Waals surface area contributed by atoms with Crippen LogP contribution in [0.15, 0.2) is 264 Å². The molecule has 18 aromatic rings. The van der Waals surface area contributed by atoms with Crippen LogP contribution in [0.5, 0.6) is 0 Å². The van der Waals surface area contributed by atoms with E-state index in [0.717, 1.165) is 103 Å². The maximum atomic E-state index is 6.98. The van der Waals surface area contributed by atoms with E-state index < -0.39 is 0 Å². The third-order valence-electron chi connectivity index (χ3n) is 16.9. The average molecular weight is 1100 g/mol. The second kappa shape index (κ2) is 18.8. The van der Waals surface area contributed by atoms with Crippen LogP contribution in [0.3, 0.4) is 0 Å². The minimum atomic E-state index is 0.425. The van der Waals surface area contributed by atoms with Crippen molar-refractivity contribution in [2.45, 2.75) is 0 Å². The lowest BCUT2D eigenvalue weighted by atomic mass is 9.92. The molecule has 0 unspecified atom stereocenters. The zero-order chi connectivity index (χ0) is 56.4. The molecule has 6 heterocycles. The molecule has 0 fully saturated rings. The summed E-state index contributed by atoms with van der Waals surface area (Å²) in [5.41, 5.74) is 8.94. The number of pyridine rings is 2. The lowest BCUT2D eigenvalue weighted by molar-refractivity contribution is 0.664. The fourth-order valence-electron chi connectivity index (χ4n) is 13.0. The number of aromatic nitrogens is 8. The molecule has 0 atom stereocenters. The summed E-state index contributed by atoms with van der Waals surface area (Å²) in [6.07, 6.45) is 3.52. The first-order chi connectivity index (χ1) is 42.6. The summed E-state index contributed by atoms with van der Waals surface area (Å²) in [5, 5.41) is 17.0. The predicted octanol–water partition coefficient (Wildman–Crippen LogP) is 19.2. The number of rotatable bonds is 7. The van der Waals surface area contributed by atoms with Crippen LogP contribution in [0, 0.1) is 0 Å². The van der Waals surface area contributed by atoms with Crippen molar-refractivity contribution in [1.82, 2.24) is 39.9 Å². The van der Waals surface area contributed by atoms with E-state index in [2.05, 4.69) is 158 Å². The molecule has 0 saturated carbocycles. The maximum absolute atomic E-state index is 6.98. The number of hydrogen-bond acceptors (Lipinski definition) is 10. The van der Waals surface area contributed by atoms with Gasteiger partial charge in [0.05, 0.1) is 10.8 Å². The molecule has 0 saturated heterocycles. The zero-order valence-electron chi connectivity index (χ0n) is 45.6. The molecular formula is C76H42N8O2. The summed E-state index contributed by atoms with van der Waals surface area (Å²) in [6.45, 7) is 0. The molecule has 12 aromatic carbocycles. The van der Waals surface area contributed by atoms with E-state index >= 15 is 0 Å². The molecule has 86 heavy (non-hydrogen) atoms. The Bertz CT molecular complexity index is 5850. The average Bonchev–Trinajstić information content (AvgIpc) is 1.48. The van der Waals surface area contributed by atoms with Crippen LogP contribution in [0.2, 0.25) is 0 Å². The Hall–Kier alpha value is -11.9. The summed E-state index contributed by atoms with van der Waals surface area (Å²) in [5.74, 6) is 3.00. The number of hydrogen-bond donors (Lipinski definition) is 0. The number of furan rings is 2. The molecule has 0 spiro atoms. The normalized spacial score (nSPS) is 12.0. The van der Waals surface area contributed by atoms with Gasteiger partial charge in [0.15, 0.2) is 34.9 Å². The van der Waals surface area contributed by atoms with E-state index in [-0.39, 0.29) is 0 Å². The van der Waals surface area contributed by atoms with Gasteiger partial charge in [0.1, 0.15) is 33.7 Å². The standard InChI is InChI=1S/C76H42N8O2/c1-3-18-45(19-4-1)71-79-73(58-29-13-26-51-53-34-32-43-16-7-10-23-48(43)52(53)36-37-54(51)58)83-75(81-71)67-65-59-30-14-27-56(69(59)85-62(65)38-40-77-67)57-28-15-31-60-66-63(86-70(57)60)39-41-78-68(66)76-82-72(46-20-5-2-6-21-46)80-74(84-76)61-42-47-22-9-12-25-50(47)64-49-24-11-8-17-44(49)33-35-55(61)64/h1-42H. The van der Waals surface area contributed by atoms with Crippen LogP contribution in [-0.2, 0) is 0 Å². The van der Waals surface area contributed by atoms with Crippen molar-refractivity contribution in [3.05, 3.63) is 255 Å². The Morgan fingerprint density at radius 2 is 0.640 bits per heavy atom. The van der Waals surface area contributed by atoms with Gasteiger partial charge in [-0.1, -0.05) is 224 Å². The maximum Gasteiger partial charge on any atom is 0.183 e. The molecule has 0 aliphatic heterocycles. The van der Waals surface area contributed by atoms with Gasteiger partial charge in [-0.2, -0.15) is 0 Å².